The molecule has 1 aliphatic carbocycles. The van der Waals surface area contributed by atoms with Crippen LogP contribution >= 0.6 is 0 Å². The predicted octanol–water partition coefficient (Wildman–Crippen LogP) is 0.568. The number of carbonyl (C=O) groups is 1. The summed E-state index contributed by atoms with van der Waals surface area (Å²) in [7, 11) is -3.85. The predicted molar refractivity (Wildman–Crippen MR) is 113 cm³/mol. The zero-order valence-corrected chi connectivity index (χ0v) is 17.6. The Hall–Kier alpha value is -3.02. The van der Waals surface area contributed by atoms with E-state index in [4.69, 9.17) is 10.9 Å². The quantitative estimate of drug-likeness (QED) is 0.429. The number of hydrogen-bond donors (Lipinski definition) is 3. The molecule has 0 saturated carbocycles. The van der Waals surface area contributed by atoms with E-state index < -0.39 is 15.9 Å². The van der Waals surface area contributed by atoms with E-state index in [0.717, 1.165) is 24.0 Å². The molecule has 2 aromatic rings. The number of hydrogen-bond acceptors (Lipinski definition) is 7. The SMILES string of the molecule is CC1=C(N(/N=C(\C)C(N)=O)c2ccc(S(N)(=O)=O)cc2)c2nn(CCO)cc2CC1. The van der Waals surface area contributed by atoms with Gasteiger partial charge >= 0.3 is 0 Å². The van der Waals surface area contributed by atoms with Gasteiger partial charge in [0.15, 0.2) is 0 Å². The van der Waals surface area contributed by atoms with E-state index in [2.05, 4.69) is 10.2 Å². The molecule has 0 bridgehead atoms. The zero-order valence-electron chi connectivity index (χ0n) is 16.7. The van der Waals surface area contributed by atoms with Gasteiger partial charge in [0.05, 0.1) is 29.4 Å². The summed E-state index contributed by atoms with van der Waals surface area (Å²) in [6, 6.07) is 5.85. The van der Waals surface area contributed by atoms with Gasteiger partial charge in [0, 0.05) is 11.8 Å². The van der Waals surface area contributed by atoms with Crippen molar-refractivity contribution in [1.29, 1.82) is 0 Å². The molecule has 30 heavy (non-hydrogen) atoms. The van der Waals surface area contributed by atoms with Gasteiger partial charge in [-0.3, -0.25) is 9.48 Å². The molecule has 1 heterocycles. The number of carbonyl (C=O) groups excluding carboxylic acids is 1. The van der Waals surface area contributed by atoms with Crippen LogP contribution in [0.15, 0.2) is 46.0 Å². The van der Waals surface area contributed by atoms with Crippen molar-refractivity contribution in [3.63, 3.8) is 0 Å². The maximum atomic E-state index is 11.7. The molecule has 1 aromatic carbocycles. The topological polar surface area (TPSA) is 157 Å². The van der Waals surface area contributed by atoms with Crippen LogP contribution in [-0.2, 0) is 27.8 Å². The first kappa shape index (κ1) is 21.7. The molecule has 0 fully saturated rings. The number of primary amides is 1. The molecule has 1 aromatic heterocycles. The largest absolute Gasteiger partial charge is 0.394 e. The Labute approximate surface area is 174 Å². The fourth-order valence-electron chi connectivity index (χ4n) is 3.20. The first-order valence-corrected chi connectivity index (χ1v) is 10.8. The minimum Gasteiger partial charge on any atom is -0.394 e. The molecule has 5 N–H and O–H groups in total. The smallest absolute Gasteiger partial charge is 0.264 e. The Balaban J connectivity index is 2.16. The number of allylic oxidation sites excluding steroid dienone is 1. The Bertz CT molecular complexity index is 1130. The summed E-state index contributed by atoms with van der Waals surface area (Å²) in [6.07, 6.45) is 3.42. The van der Waals surface area contributed by atoms with E-state index >= 15 is 0 Å². The summed E-state index contributed by atoms with van der Waals surface area (Å²) in [5, 5.41) is 25.0. The number of rotatable bonds is 7. The van der Waals surface area contributed by atoms with E-state index in [1.54, 1.807) is 16.8 Å². The second kappa shape index (κ2) is 8.38. The van der Waals surface area contributed by atoms with Gasteiger partial charge in [-0.2, -0.15) is 10.2 Å². The third kappa shape index (κ3) is 4.42. The van der Waals surface area contributed by atoms with E-state index in [-0.39, 0.29) is 17.2 Å². The van der Waals surface area contributed by atoms with Crippen LogP contribution in [0.2, 0.25) is 0 Å². The van der Waals surface area contributed by atoms with E-state index in [0.29, 0.717) is 23.6 Å². The van der Waals surface area contributed by atoms with E-state index in [1.807, 2.05) is 13.1 Å². The lowest BCUT2D eigenvalue weighted by atomic mass is 9.95. The van der Waals surface area contributed by atoms with Crippen LogP contribution in [0.5, 0.6) is 0 Å². The number of sulfonamides is 1. The lowest BCUT2D eigenvalue weighted by Crippen LogP contribution is -2.27. The lowest BCUT2D eigenvalue weighted by molar-refractivity contribution is -0.112. The van der Waals surface area contributed by atoms with Crippen LogP contribution < -0.4 is 15.9 Å². The summed E-state index contributed by atoms with van der Waals surface area (Å²) in [5.74, 6) is -0.679. The van der Waals surface area contributed by atoms with Crippen molar-refractivity contribution < 1.29 is 18.3 Å². The van der Waals surface area contributed by atoms with Gasteiger partial charge in [0.25, 0.3) is 5.91 Å². The van der Waals surface area contributed by atoms with E-state index in [1.165, 1.54) is 24.1 Å². The number of anilines is 1. The van der Waals surface area contributed by atoms with Crippen molar-refractivity contribution in [2.45, 2.75) is 38.1 Å². The summed E-state index contributed by atoms with van der Waals surface area (Å²) in [5.41, 5.74) is 9.33. The Kier molecular flexibility index (Phi) is 6.06. The number of fused-ring (bicyclic) bond motifs is 1. The van der Waals surface area contributed by atoms with Crippen LogP contribution in [0.25, 0.3) is 5.70 Å². The van der Waals surface area contributed by atoms with Gasteiger partial charge in [0.1, 0.15) is 11.4 Å². The second-order valence-electron chi connectivity index (χ2n) is 7.02. The number of aliphatic hydroxyl groups is 1. The minimum atomic E-state index is -3.85. The average Bonchev–Trinajstić information content (AvgIpc) is 3.08. The number of nitrogens with zero attached hydrogens (tertiary/aromatic N) is 4. The molecule has 1 aliphatic rings. The fraction of sp³-hybridized carbons (Fsp3) is 0.316. The molecular weight excluding hydrogens is 408 g/mol. The van der Waals surface area contributed by atoms with Crippen molar-refractivity contribution in [3.8, 4) is 0 Å². The second-order valence-corrected chi connectivity index (χ2v) is 8.58. The molecule has 0 radical (unpaired) electrons. The van der Waals surface area contributed by atoms with Gasteiger partial charge in [-0.1, -0.05) is 0 Å². The molecule has 0 saturated heterocycles. The third-order valence-corrected chi connectivity index (χ3v) is 5.72. The van der Waals surface area contributed by atoms with Crippen molar-refractivity contribution in [1.82, 2.24) is 9.78 Å². The molecule has 0 atom stereocenters. The number of aromatic nitrogens is 2. The number of amides is 1. The number of aryl methyl sites for hydroxylation is 1. The molecule has 10 nitrogen and oxygen atoms in total. The van der Waals surface area contributed by atoms with E-state index in [9.17, 15) is 18.3 Å². The van der Waals surface area contributed by atoms with Gasteiger partial charge in [-0.05, 0) is 56.5 Å². The van der Waals surface area contributed by atoms with Gasteiger partial charge in [-0.25, -0.2) is 18.6 Å². The molecule has 0 spiro atoms. The van der Waals surface area contributed by atoms with Crippen LogP contribution in [0.3, 0.4) is 0 Å². The highest BCUT2D eigenvalue weighted by molar-refractivity contribution is 7.89. The Morgan fingerprint density at radius 1 is 1.30 bits per heavy atom. The van der Waals surface area contributed by atoms with Crippen LogP contribution in [0, 0.1) is 0 Å². The normalized spacial score (nSPS) is 14.6. The molecular formula is C19H24N6O4S. The molecule has 1 amide bonds. The maximum Gasteiger partial charge on any atom is 0.264 e. The number of benzene rings is 1. The highest BCUT2D eigenvalue weighted by atomic mass is 32.2. The van der Waals surface area contributed by atoms with Crippen molar-refractivity contribution >= 4 is 33.0 Å². The van der Waals surface area contributed by atoms with Crippen LogP contribution in [0.4, 0.5) is 5.69 Å². The Morgan fingerprint density at radius 3 is 2.53 bits per heavy atom. The van der Waals surface area contributed by atoms with Crippen LogP contribution in [0.1, 0.15) is 31.5 Å². The minimum absolute atomic E-state index is 0.0379. The highest BCUT2D eigenvalue weighted by Crippen LogP contribution is 2.36. The summed E-state index contributed by atoms with van der Waals surface area (Å²) in [4.78, 5) is 11.6. The third-order valence-electron chi connectivity index (χ3n) is 4.79. The lowest BCUT2D eigenvalue weighted by Gasteiger charge is -2.27. The van der Waals surface area contributed by atoms with Crippen LogP contribution in [-0.4, -0.2) is 41.5 Å². The first-order chi connectivity index (χ1) is 14.1. The highest BCUT2D eigenvalue weighted by Gasteiger charge is 2.27. The molecule has 0 unspecified atom stereocenters. The Morgan fingerprint density at radius 2 is 1.97 bits per heavy atom. The molecule has 11 heteroatoms. The molecule has 160 valence electrons. The van der Waals surface area contributed by atoms with Gasteiger partial charge < -0.3 is 10.8 Å². The van der Waals surface area contributed by atoms with Gasteiger partial charge in [0.2, 0.25) is 10.0 Å². The summed E-state index contributed by atoms with van der Waals surface area (Å²) in [6.45, 7) is 3.75. The summed E-state index contributed by atoms with van der Waals surface area (Å²) < 4.78 is 24.9. The standard InChI is InChI=1S/C19H24N6O4S/c1-12-3-4-14-11-24(9-10-26)23-17(14)18(12)25(22-13(2)19(20)27)15-5-7-16(8-6-15)30(21,28)29/h5-8,11,26H,3-4,9-10H2,1-2H3,(H2,20,27)(H2,21,28,29)/b22-13+. The number of hydrazone groups is 1. The molecule has 3 rings (SSSR count). The summed E-state index contributed by atoms with van der Waals surface area (Å²) >= 11 is 0. The molecule has 0 aliphatic heterocycles. The number of primary sulfonamides is 1. The van der Waals surface area contributed by atoms with Crippen molar-refractivity contribution in [3.05, 3.63) is 47.3 Å². The monoisotopic (exact) mass is 432 g/mol. The zero-order chi connectivity index (χ0) is 22.1. The van der Waals surface area contributed by atoms with Crippen molar-refractivity contribution in [2.24, 2.45) is 16.0 Å². The van der Waals surface area contributed by atoms with Crippen molar-refractivity contribution in [2.75, 3.05) is 11.6 Å². The average molecular weight is 433 g/mol. The van der Waals surface area contributed by atoms with Gasteiger partial charge in [-0.15, -0.1) is 0 Å². The maximum absolute atomic E-state index is 11.7. The first-order valence-electron chi connectivity index (χ1n) is 9.27. The number of aliphatic hydroxyl groups excluding tert-OH is 1. The fourth-order valence-corrected chi connectivity index (χ4v) is 3.71. The number of nitrogens with two attached hydrogens (primary N) is 2.